The third-order valence-electron chi connectivity index (χ3n) is 5.49. The fourth-order valence-electron chi connectivity index (χ4n) is 3.60. The van der Waals surface area contributed by atoms with E-state index in [1.54, 1.807) is 33.5 Å². The van der Waals surface area contributed by atoms with Crippen molar-refractivity contribution in [3.8, 4) is 17.2 Å². The van der Waals surface area contributed by atoms with Crippen LogP contribution in [0.25, 0.3) is 12.2 Å². The Bertz CT molecular complexity index is 1050. The van der Waals surface area contributed by atoms with E-state index in [4.69, 9.17) is 18.9 Å². The molecule has 0 unspecified atom stereocenters. The molecule has 0 saturated heterocycles. The molecule has 2 aromatic rings. The molecule has 0 spiro atoms. The smallest absolute Gasteiger partial charge is 0.337 e. The lowest BCUT2D eigenvalue weighted by Gasteiger charge is -2.18. The summed E-state index contributed by atoms with van der Waals surface area (Å²) in [6.07, 6.45) is 11.1. The first-order chi connectivity index (χ1) is 16.3. The second kappa shape index (κ2) is 13.3. The predicted molar refractivity (Wildman–Crippen MR) is 139 cm³/mol. The fourth-order valence-corrected chi connectivity index (χ4v) is 3.60. The monoisotopic (exact) mass is 464 g/mol. The van der Waals surface area contributed by atoms with Crippen molar-refractivity contribution in [3.05, 3.63) is 75.9 Å². The van der Waals surface area contributed by atoms with Crippen LogP contribution < -0.4 is 14.2 Å². The summed E-state index contributed by atoms with van der Waals surface area (Å²) in [6.45, 7) is 6.39. The first kappa shape index (κ1) is 26.8. The van der Waals surface area contributed by atoms with Gasteiger partial charge in [0, 0.05) is 11.1 Å². The lowest BCUT2D eigenvalue weighted by Crippen LogP contribution is -2.01. The number of carbonyl (C=O) groups excluding carboxylic acids is 1. The summed E-state index contributed by atoms with van der Waals surface area (Å²) in [7, 11) is 6.31. The third-order valence-corrected chi connectivity index (χ3v) is 5.49. The maximum Gasteiger partial charge on any atom is 0.337 e. The molecule has 0 atom stereocenters. The molecule has 5 heteroatoms. The van der Waals surface area contributed by atoms with Gasteiger partial charge in [-0.2, -0.15) is 0 Å². The van der Waals surface area contributed by atoms with Gasteiger partial charge in [-0.15, -0.1) is 0 Å². The Labute approximate surface area is 203 Å². The molecule has 0 aromatic heterocycles. The molecule has 0 aliphatic carbocycles. The third kappa shape index (κ3) is 7.27. The Morgan fingerprint density at radius 1 is 0.853 bits per heavy atom. The second-order valence-corrected chi connectivity index (χ2v) is 8.23. The van der Waals surface area contributed by atoms with Crippen molar-refractivity contribution in [1.82, 2.24) is 0 Å². The molecular weight excluding hydrogens is 428 g/mol. The van der Waals surface area contributed by atoms with Crippen molar-refractivity contribution in [2.45, 2.75) is 40.0 Å². The van der Waals surface area contributed by atoms with Gasteiger partial charge in [-0.25, -0.2) is 4.79 Å². The quantitative estimate of drug-likeness (QED) is 0.206. The number of methoxy groups -OCH3 is 4. The average molecular weight is 465 g/mol. The highest BCUT2D eigenvalue weighted by molar-refractivity contribution is 5.89. The van der Waals surface area contributed by atoms with E-state index in [1.807, 2.05) is 30.4 Å². The molecule has 5 nitrogen and oxygen atoms in total. The number of esters is 1. The Balaban J connectivity index is 2.35. The van der Waals surface area contributed by atoms with E-state index in [9.17, 15) is 4.79 Å². The van der Waals surface area contributed by atoms with Gasteiger partial charge in [0.15, 0.2) is 11.5 Å². The van der Waals surface area contributed by atoms with Crippen LogP contribution in [0.1, 0.15) is 60.7 Å². The van der Waals surface area contributed by atoms with Gasteiger partial charge < -0.3 is 18.9 Å². The largest absolute Gasteiger partial charge is 0.496 e. The molecule has 0 bridgehead atoms. The topological polar surface area (TPSA) is 54.0 Å². The Hall–Kier alpha value is -3.47. The fraction of sp³-hybridized carbons (Fsp3) is 0.345. The summed E-state index contributed by atoms with van der Waals surface area (Å²) >= 11 is 0. The van der Waals surface area contributed by atoms with E-state index in [0.717, 1.165) is 35.3 Å². The zero-order valence-corrected chi connectivity index (χ0v) is 21.4. The molecule has 0 fully saturated rings. The minimum atomic E-state index is -0.358. The normalized spacial score (nSPS) is 11.3. The first-order valence-corrected chi connectivity index (χ1v) is 11.3. The first-order valence-electron chi connectivity index (χ1n) is 11.3. The van der Waals surface area contributed by atoms with Crippen LogP contribution in [-0.4, -0.2) is 34.4 Å². The maximum absolute atomic E-state index is 11.6. The van der Waals surface area contributed by atoms with Gasteiger partial charge in [0.2, 0.25) is 0 Å². The van der Waals surface area contributed by atoms with Crippen molar-refractivity contribution in [1.29, 1.82) is 0 Å². The maximum atomic E-state index is 11.6. The Morgan fingerprint density at radius 3 is 2.09 bits per heavy atom. The molecule has 0 saturated carbocycles. The van der Waals surface area contributed by atoms with E-state index < -0.39 is 0 Å². The summed E-state index contributed by atoms with van der Waals surface area (Å²) in [5.41, 5.74) is 5.88. The lowest BCUT2D eigenvalue weighted by molar-refractivity contribution is 0.0600. The number of carbonyl (C=O) groups is 1. The second-order valence-electron chi connectivity index (χ2n) is 8.23. The highest BCUT2D eigenvalue weighted by Gasteiger charge is 2.19. The Morgan fingerprint density at radius 2 is 1.53 bits per heavy atom. The van der Waals surface area contributed by atoms with Crippen LogP contribution in [0.15, 0.2) is 53.6 Å². The van der Waals surface area contributed by atoms with Crippen molar-refractivity contribution in [3.63, 3.8) is 0 Å². The van der Waals surface area contributed by atoms with Gasteiger partial charge in [-0.05, 0) is 63.8 Å². The van der Waals surface area contributed by atoms with Gasteiger partial charge in [-0.1, -0.05) is 47.6 Å². The van der Waals surface area contributed by atoms with Crippen LogP contribution in [-0.2, 0) is 11.2 Å². The van der Waals surface area contributed by atoms with Crippen molar-refractivity contribution in [2.24, 2.45) is 0 Å². The molecule has 0 heterocycles. The van der Waals surface area contributed by atoms with Crippen LogP contribution in [0.5, 0.6) is 17.2 Å². The van der Waals surface area contributed by atoms with Crippen LogP contribution in [0.3, 0.4) is 0 Å². The molecule has 0 aliphatic rings. The molecule has 0 radical (unpaired) electrons. The summed E-state index contributed by atoms with van der Waals surface area (Å²) in [5, 5.41) is 0. The number of hydrogen-bond acceptors (Lipinski definition) is 5. The number of ether oxygens (including phenoxy) is 4. The number of allylic oxidation sites excluding steroid dienone is 4. The van der Waals surface area contributed by atoms with Crippen molar-refractivity contribution in [2.75, 3.05) is 28.4 Å². The van der Waals surface area contributed by atoms with Gasteiger partial charge in [0.05, 0.1) is 34.0 Å². The van der Waals surface area contributed by atoms with Gasteiger partial charge in [0.1, 0.15) is 5.75 Å². The van der Waals surface area contributed by atoms with Crippen LogP contribution in [0, 0.1) is 0 Å². The van der Waals surface area contributed by atoms with E-state index in [0.29, 0.717) is 23.5 Å². The SMILES string of the molecule is COC(=O)c1ccc(C=Cc2cc(OC)c(CC=C(C)CCC=C(C)C)c(OC)c2OC)cc1. The van der Waals surface area contributed by atoms with Gasteiger partial charge in [-0.3, -0.25) is 0 Å². The van der Waals surface area contributed by atoms with Gasteiger partial charge in [0.25, 0.3) is 0 Å². The highest BCUT2D eigenvalue weighted by Crippen LogP contribution is 2.42. The molecule has 2 aromatic carbocycles. The zero-order valence-electron chi connectivity index (χ0n) is 21.4. The van der Waals surface area contributed by atoms with Crippen LogP contribution in [0.4, 0.5) is 0 Å². The van der Waals surface area contributed by atoms with E-state index in [-0.39, 0.29) is 5.97 Å². The summed E-state index contributed by atoms with van der Waals surface area (Å²) in [6, 6.07) is 9.16. The molecule has 182 valence electrons. The minimum absolute atomic E-state index is 0.358. The summed E-state index contributed by atoms with van der Waals surface area (Å²) in [4.78, 5) is 11.6. The molecule has 0 aliphatic heterocycles. The standard InChI is InChI=1S/C29H36O5/c1-20(2)9-8-10-21(3)11-18-25-26(31-4)19-24(27(32-5)28(25)33-6)17-14-22-12-15-23(16-13-22)29(30)34-7/h9,11-17,19H,8,10,18H2,1-7H3. The number of hydrogen-bond donors (Lipinski definition) is 0. The molecular formula is C29H36O5. The van der Waals surface area contributed by atoms with Crippen molar-refractivity contribution < 1.29 is 23.7 Å². The molecule has 34 heavy (non-hydrogen) atoms. The van der Waals surface area contributed by atoms with E-state index >= 15 is 0 Å². The summed E-state index contributed by atoms with van der Waals surface area (Å²) < 4.78 is 22.0. The molecule has 0 amide bonds. The van der Waals surface area contributed by atoms with E-state index in [1.165, 1.54) is 18.3 Å². The molecule has 0 N–H and O–H groups in total. The van der Waals surface area contributed by atoms with Crippen LogP contribution >= 0.6 is 0 Å². The van der Waals surface area contributed by atoms with Gasteiger partial charge >= 0.3 is 5.97 Å². The predicted octanol–water partition coefficient (Wildman–Crippen LogP) is 6.90. The number of rotatable bonds is 11. The Kier molecular flexibility index (Phi) is 10.5. The lowest BCUT2D eigenvalue weighted by atomic mass is 10.0. The average Bonchev–Trinajstić information content (AvgIpc) is 2.84. The van der Waals surface area contributed by atoms with Crippen molar-refractivity contribution >= 4 is 18.1 Å². The number of benzene rings is 2. The highest BCUT2D eigenvalue weighted by atomic mass is 16.5. The molecule has 2 rings (SSSR count). The van der Waals surface area contributed by atoms with E-state index in [2.05, 4.69) is 32.9 Å². The van der Waals surface area contributed by atoms with Crippen LogP contribution in [0.2, 0.25) is 0 Å². The summed E-state index contributed by atoms with van der Waals surface area (Å²) in [5.74, 6) is 1.70. The zero-order chi connectivity index (χ0) is 25.1. The minimum Gasteiger partial charge on any atom is -0.496 e.